The zero-order valence-corrected chi connectivity index (χ0v) is 13.6. The third-order valence-electron chi connectivity index (χ3n) is 5.03. The molecule has 0 spiro atoms. The van der Waals surface area contributed by atoms with Gasteiger partial charge in [0, 0.05) is 5.69 Å². The number of anilines is 1. The third-order valence-corrected chi connectivity index (χ3v) is 5.03. The molecule has 2 aliphatic heterocycles. The van der Waals surface area contributed by atoms with Crippen LogP contribution >= 0.6 is 0 Å². The lowest BCUT2D eigenvalue weighted by atomic mass is 9.84. The summed E-state index contributed by atoms with van der Waals surface area (Å²) in [5, 5.41) is 6.38. The van der Waals surface area contributed by atoms with Gasteiger partial charge in [0.1, 0.15) is 5.82 Å². The molecule has 0 radical (unpaired) electrons. The lowest BCUT2D eigenvalue weighted by Gasteiger charge is -2.25. The van der Waals surface area contributed by atoms with Crippen molar-refractivity contribution in [2.45, 2.75) is 31.6 Å². The van der Waals surface area contributed by atoms with Gasteiger partial charge in [0.2, 0.25) is 5.91 Å². The van der Waals surface area contributed by atoms with Crippen LogP contribution in [0, 0.1) is 5.82 Å². The summed E-state index contributed by atoms with van der Waals surface area (Å²) in [5.41, 5.74) is 5.50. The molecule has 4 rings (SSSR count). The standard InChI is InChI=1S/C20H21FN2O/c21-16-3-1-2-13(9-16)8-14-10-17(15-4-6-22-7-5-15)18-12-20(24)23-19(18)11-14/h1-3,9-11,15,22H,4-8,12H2,(H,23,24). The van der Waals surface area contributed by atoms with Gasteiger partial charge in [0.15, 0.2) is 0 Å². The van der Waals surface area contributed by atoms with Crippen LogP contribution in [0.2, 0.25) is 0 Å². The Balaban J connectivity index is 1.70. The van der Waals surface area contributed by atoms with Crippen molar-refractivity contribution in [3.8, 4) is 0 Å². The van der Waals surface area contributed by atoms with Crippen molar-refractivity contribution in [1.29, 1.82) is 0 Å². The van der Waals surface area contributed by atoms with Crippen LogP contribution in [0.25, 0.3) is 0 Å². The summed E-state index contributed by atoms with van der Waals surface area (Å²) < 4.78 is 13.4. The topological polar surface area (TPSA) is 41.1 Å². The molecule has 0 bridgehead atoms. The molecule has 2 aromatic carbocycles. The zero-order valence-electron chi connectivity index (χ0n) is 13.6. The number of carbonyl (C=O) groups excluding carboxylic acids is 1. The maximum atomic E-state index is 13.4. The van der Waals surface area contributed by atoms with Crippen LogP contribution in [0.5, 0.6) is 0 Å². The fourth-order valence-electron chi connectivity index (χ4n) is 3.90. The minimum absolute atomic E-state index is 0.0723. The van der Waals surface area contributed by atoms with Gasteiger partial charge in [-0.3, -0.25) is 4.79 Å². The second kappa shape index (κ2) is 6.36. The second-order valence-electron chi connectivity index (χ2n) is 6.77. The molecule has 1 amide bonds. The van der Waals surface area contributed by atoms with E-state index in [9.17, 15) is 9.18 Å². The number of fused-ring (bicyclic) bond motifs is 1. The highest BCUT2D eigenvalue weighted by atomic mass is 19.1. The molecule has 2 aromatic rings. The molecule has 0 saturated carbocycles. The van der Waals surface area contributed by atoms with E-state index in [1.54, 1.807) is 12.1 Å². The molecule has 2 heterocycles. The molecule has 4 heteroatoms. The van der Waals surface area contributed by atoms with E-state index in [-0.39, 0.29) is 11.7 Å². The van der Waals surface area contributed by atoms with Gasteiger partial charge in [-0.05, 0) is 78.7 Å². The number of nitrogens with one attached hydrogen (secondary N) is 2. The molecular formula is C20H21FN2O. The molecule has 1 fully saturated rings. The summed E-state index contributed by atoms with van der Waals surface area (Å²) in [7, 11) is 0. The molecule has 0 aromatic heterocycles. The molecule has 0 unspecified atom stereocenters. The third kappa shape index (κ3) is 3.06. The fourth-order valence-corrected chi connectivity index (χ4v) is 3.90. The van der Waals surface area contributed by atoms with Gasteiger partial charge in [-0.15, -0.1) is 0 Å². The van der Waals surface area contributed by atoms with E-state index in [0.717, 1.165) is 48.3 Å². The highest BCUT2D eigenvalue weighted by molar-refractivity contribution is 5.99. The number of hydrogen-bond donors (Lipinski definition) is 2. The van der Waals surface area contributed by atoms with Gasteiger partial charge < -0.3 is 10.6 Å². The molecule has 24 heavy (non-hydrogen) atoms. The maximum Gasteiger partial charge on any atom is 0.228 e. The van der Waals surface area contributed by atoms with E-state index in [0.29, 0.717) is 18.8 Å². The largest absolute Gasteiger partial charge is 0.326 e. The van der Waals surface area contributed by atoms with Crippen molar-refractivity contribution < 1.29 is 9.18 Å². The van der Waals surface area contributed by atoms with Crippen molar-refractivity contribution in [2.24, 2.45) is 0 Å². The van der Waals surface area contributed by atoms with E-state index in [1.807, 2.05) is 6.07 Å². The van der Waals surface area contributed by atoms with Crippen LogP contribution in [-0.2, 0) is 17.6 Å². The predicted molar refractivity (Wildman–Crippen MR) is 92.8 cm³/mol. The SMILES string of the molecule is O=C1Cc2c(cc(Cc3cccc(F)c3)cc2C2CCNCC2)N1. The Morgan fingerprint density at radius 2 is 1.92 bits per heavy atom. The van der Waals surface area contributed by atoms with Gasteiger partial charge in [0.25, 0.3) is 0 Å². The first-order valence-corrected chi connectivity index (χ1v) is 8.60. The van der Waals surface area contributed by atoms with Crippen LogP contribution in [0.15, 0.2) is 36.4 Å². The Labute approximate surface area is 141 Å². The molecule has 0 atom stereocenters. The van der Waals surface area contributed by atoms with E-state index >= 15 is 0 Å². The molecule has 2 aliphatic rings. The van der Waals surface area contributed by atoms with Gasteiger partial charge in [0.05, 0.1) is 6.42 Å². The molecule has 0 aliphatic carbocycles. The smallest absolute Gasteiger partial charge is 0.228 e. The van der Waals surface area contributed by atoms with Gasteiger partial charge in [-0.2, -0.15) is 0 Å². The van der Waals surface area contributed by atoms with E-state index in [2.05, 4.69) is 22.8 Å². The first kappa shape index (κ1) is 15.3. The Morgan fingerprint density at radius 1 is 1.08 bits per heavy atom. The van der Waals surface area contributed by atoms with Gasteiger partial charge in [-0.1, -0.05) is 18.2 Å². The van der Waals surface area contributed by atoms with Crippen LogP contribution in [-0.4, -0.2) is 19.0 Å². The average Bonchev–Trinajstić information content (AvgIpc) is 2.95. The Hall–Kier alpha value is -2.20. The van der Waals surface area contributed by atoms with Crippen molar-refractivity contribution >= 4 is 11.6 Å². The highest BCUT2D eigenvalue weighted by Crippen LogP contribution is 2.36. The molecule has 2 N–H and O–H groups in total. The van der Waals surface area contributed by atoms with Gasteiger partial charge >= 0.3 is 0 Å². The average molecular weight is 324 g/mol. The lowest BCUT2D eigenvalue weighted by molar-refractivity contribution is -0.115. The fraction of sp³-hybridized carbons (Fsp3) is 0.350. The minimum Gasteiger partial charge on any atom is -0.326 e. The molecule has 124 valence electrons. The van der Waals surface area contributed by atoms with Crippen molar-refractivity contribution in [1.82, 2.24) is 5.32 Å². The quantitative estimate of drug-likeness (QED) is 0.909. The number of piperidine rings is 1. The number of amides is 1. The number of rotatable bonds is 3. The summed E-state index contributed by atoms with van der Waals surface area (Å²) >= 11 is 0. The monoisotopic (exact) mass is 324 g/mol. The summed E-state index contributed by atoms with van der Waals surface area (Å²) in [6.45, 7) is 2.05. The number of hydrogen-bond acceptors (Lipinski definition) is 2. The van der Waals surface area contributed by atoms with E-state index in [4.69, 9.17) is 0 Å². The summed E-state index contributed by atoms with van der Waals surface area (Å²) in [5.74, 6) is 0.365. The first-order chi connectivity index (χ1) is 11.7. The van der Waals surface area contributed by atoms with E-state index < -0.39 is 0 Å². The normalized spacial score (nSPS) is 17.6. The van der Waals surface area contributed by atoms with Crippen molar-refractivity contribution in [3.63, 3.8) is 0 Å². The number of carbonyl (C=O) groups is 1. The number of halogens is 1. The molecule has 3 nitrogen and oxygen atoms in total. The lowest BCUT2D eigenvalue weighted by Crippen LogP contribution is -2.27. The van der Waals surface area contributed by atoms with Gasteiger partial charge in [-0.25, -0.2) is 4.39 Å². The van der Waals surface area contributed by atoms with Crippen LogP contribution in [0.3, 0.4) is 0 Å². The van der Waals surface area contributed by atoms with Crippen LogP contribution < -0.4 is 10.6 Å². The van der Waals surface area contributed by atoms with Crippen molar-refractivity contribution in [3.05, 3.63) is 64.5 Å². The second-order valence-corrected chi connectivity index (χ2v) is 6.77. The summed E-state index contributed by atoms with van der Waals surface area (Å²) in [6, 6.07) is 11.0. The minimum atomic E-state index is -0.208. The zero-order chi connectivity index (χ0) is 16.5. The summed E-state index contributed by atoms with van der Waals surface area (Å²) in [6.07, 6.45) is 3.36. The Bertz CT molecular complexity index is 781. The van der Waals surface area contributed by atoms with Crippen LogP contribution in [0.1, 0.15) is 41.0 Å². The highest BCUT2D eigenvalue weighted by Gasteiger charge is 2.26. The first-order valence-electron chi connectivity index (χ1n) is 8.60. The van der Waals surface area contributed by atoms with Crippen LogP contribution in [0.4, 0.5) is 10.1 Å². The predicted octanol–water partition coefficient (Wildman–Crippen LogP) is 3.38. The molecular weight excluding hydrogens is 303 g/mol. The maximum absolute atomic E-state index is 13.4. The Kier molecular flexibility index (Phi) is 4.07. The molecule has 1 saturated heterocycles. The summed E-state index contributed by atoms with van der Waals surface area (Å²) in [4.78, 5) is 11.9. The Morgan fingerprint density at radius 3 is 2.71 bits per heavy atom. The number of benzene rings is 2. The van der Waals surface area contributed by atoms with Crippen molar-refractivity contribution in [2.75, 3.05) is 18.4 Å². The van der Waals surface area contributed by atoms with E-state index in [1.165, 1.54) is 11.6 Å².